The van der Waals surface area contributed by atoms with E-state index in [9.17, 15) is 9.59 Å². The average molecular weight is 451 g/mol. The van der Waals surface area contributed by atoms with Gasteiger partial charge in [0.1, 0.15) is 5.00 Å². The molecule has 4 nitrogen and oxygen atoms in total. The van der Waals surface area contributed by atoms with E-state index in [-0.39, 0.29) is 5.91 Å². The first-order chi connectivity index (χ1) is 8.99. The SMILES string of the molecule is NC(=O)c1ccsc1NC(=O)c1cc(I)ccc1Br. The topological polar surface area (TPSA) is 72.2 Å². The summed E-state index contributed by atoms with van der Waals surface area (Å²) in [4.78, 5) is 23.4. The molecule has 0 spiro atoms. The second-order valence-corrected chi connectivity index (χ2v) is 6.62. The van der Waals surface area contributed by atoms with Gasteiger partial charge in [-0.05, 0) is 68.2 Å². The van der Waals surface area contributed by atoms with Crippen molar-refractivity contribution in [3.05, 3.63) is 48.8 Å². The van der Waals surface area contributed by atoms with Crippen LogP contribution >= 0.6 is 49.9 Å². The molecule has 19 heavy (non-hydrogen) atoms. The van der Waals surface area contributed by atoms with Crippen molar-refractivity contribution in [3.8, 4) is 0 Å². The maximum atomic E-state index is 12.2. The number of anilines is 1. The summed E-state index contributed by atoms with van der Waals surface area (Å²) in [6, 6.07) is 7.05. The maximum absolute atomic E-state index is 12.2. The molecule has 0 saturated carbocycles. The van der Waals surface area contributed by atoms with Gasteiger partial charge in [0.05, 0.1) is 11.1 Å². The van der Waals surface area contributed by atoms with Crippen molar-refractivity contribution in [1.29, 1.82) is 0 Å². The molecule has 0 aliphatic rings. The highest BCUT2D eigenvalue weighted by Gasteiger charge is 2.15. The van der Waals surface area contributed by atoms with Gasteiger partial charge in [-0.3, -0.25) is 9.59 Å². The lowest BCUT2D eigenvalue weighted by Gasteiger charge is -2.07. The van der Waals surface area contributed by atoms with Crippen LogP contribution in [-0.2, 0) is 0 Å². The summed E-state index contributed by atoms with van der Waals surface area (Å²) in [5.74, 6) is -0.839. The van der Waals surface area contributed by atoms with E-state index in [4.69, 9.17) is 5.73 Å². The third-order valence-electron chi connectivity index (χ3n) is 2.33. The number of thiophene rings is 1. The summed E-state index contributed by atoms with van der Waals surface area (Å²) in [7, 11) is 0. The molecule has 2 aromatic rings. The van der Waals surface area contributed by atoms with E-state index in [1.807, 2.05) is 6.07 Å². The molecule has 1 aromatic carbocycles. The molecular weight excluding hydrogens is 443 g/mol. The zero-order valence-electron chi connectivity index (χ0n) is 9.44. The summed E-state index contributed by atoms with van der Waals surface area (Å²) in [6.45, 7) is 0. The van der Waals surface area contributed by atoms with Crippen LogP contribution in [0, 0.1) is 3.57 Å². The first-order valence-electron chi connectivity index (χ1n) is 5.12. The number of carbonyl (C=O) groups is 2. The van der Waals surface area contributed by atoms with Crippen molar-refractivity contribution in [1.82, 2.24) is 0 Å². The van der Waals surface area contributed by atoms with Crippen LogP contribution < -0.4 is 11.1 Å². The van der Waals surface area contributed by atoms with Gasteiger partial charge >= 0.3 is 0 Å². The number of nitrogens with one attached hydrogen (secondary N) is 1. The Morgan fingerprint density at radius 3 is 2.68 bits per heavy atom. The molecule has 0 aliphatic heterocycles. The van der Waals surface area contributed by atoms with Crippen LogP contribution in [0.4, 0.5) is 5.00 Å². The fourth-order valence-electron chi connectivity index (χ4n) is 1.44. The Bertz CT molecular complexity index is 657. The Labute approximate surface area is 135 Å². The van der Waals surface area contributed by atoms with E-state index >= 15 is 0 Å². The first kappa shape index (κ1) is 14.5. The van der Waals surface area contributed by atoms with E-state index in [1.54, 1.807) is 23.6 Å². The third kappa shape index (κ3) is 3.34. The number of rotatable bonds is 3. The van der Waals surface area contributed by atoms with E-state index in [1.165, 1.54) is 11.3 Å². The molecular formula is C12H8BrIN2O2S. The number of benzene rings is 1. The Balaban J connectivity index is 2.28. The minimum atomic E-state index is -0.557. The Kier molecular flexibility index (Phi) is 4.58. The highest BCUT2D eigenvalue weighted by atomic mass is 127. The van der Waals surface area contributed by atoms with Crippen LogP contribution in [0.3, 0.4) is 0 Å². The quantitative estimate of drug-likeness (QED) is 0.703. The van der Waals surface area contributed by atoms with Crippen molar-refractivity contribution >= 4 is 66.7 Å². The Morgan fingerprint density at radius 1 is 1.26 bits per heavy atom. The van der Waals surface area contributed by atoms with Gasteiger partial charge in [0.25, 0.3) is 11.8 Å². The van der Waals surface area contributed by atoms with E-state index < -0.39 is 5.91 Å². The normalized spacial score (nSPS) is 10.2. The number of nitrogens with two attached hydrogens (primary N) is 1. The average Bonchev–Trinajstić information content (AvgIpc) is 2.80. The minimum absolute atomic E-state index is 0.282. The van der Waals surface area contributed by atoms with Gasteiger partial charge in [-0.15, -0.1) is 11.3 Å². The molecule has 1 aromatic heterocycles. The molecule has 0 aliphatic carbocycles. The molecule has 0 unspecified atom stereocenters. The van der Waals surface area contributed by atoms with E-state index in [0.29, 0.717) is 20.6 Å². The molecule has 0 saturated heterocycles. The molecule has 7 heteroatoms. The molecule has 0 fully saturated rings. The van der Waals surface area contributed by atoms with Crippen LogP contribution in [0.5, 0.6) is 0 Å². The summed E-state index contributed by atoms with van der Waals surface area (Å²) in [6.07, 6.45) is 0. The fraction of sp³-hybridized carbons (Fsp3) is 0. The maximum Gasteiger partial charge on any atom is 0.257 e. The van der Waals surface area contributed by atoms with Gasteiger partial charge in [-0.25, -0.2) is 0 Å². The van der Waals surface area contributed by atoms with E-state index in [2.05, 4.69) is 43.8 Å². The van der Waals surface area contributed by atoms with Crippen LogP contribution in [0.2, 0.25) is 0 Å². The Hall–Kier alpha value is -0.930. The van der Waals surface area contributed by atoms with Gasteiger partial charge in [-0.2, -0.15) is 0 Å². The van der Waals surface area contributed by atoms with Crippen LogP contribution in [0.15, 0.2) is 34.1 Å². The smallest absolute Gasteiger partial charge is 0.257 e. The summed E-state index contributed by atoms with van der Waals surface area (Å²) < 4.78 is 1.65. The van der Waals surface area contributed by atoms with Crippen LogP contribution in [-0.4, -0.2) is 11.8 Å². The minimum Gasteiger partial charge on any atom is -0.366 e. The second-order valence-electron chi connectivity index (χ2n) is 3.61. The number of carbonyl (C=O) groups excluding carboxylic acids is 2. The summed E-state index contributed by atoms with van der Waals surface area (Å²) in [5.41, 5.74) is 6.06. The zero-order valence-corrected chi connectivity index (χ0v) is 14.0. The lowest BCUT2D eigenvalue weighted by atomic mass is 10.2. The molecule has 2 amide bonds. The molecule has 0 bridgehead atoms. The van der Waals surface area contributed by atoms with Crippen molar-refractivity contribution in [2.24, 2.45) is 5.73 Å². The van der Waals surface area contributed by atoms with Crippen LogP contribution in [0.25, 0.3) is 0 Å². The lowest BCUT2D eigenvalue weighted by molar-refractivity contribution is 0.100. The molecule has 2 rings (SSSR count). The molecule has 0 atom stereocenters. The number of amides is 2. The number of halogens is 2. The third-order valence-corrected chi connectivity index (χ3v) is 4.52. The van der Waals surface area contributed by atoms with Gasteiger partial charge in [0, 0.05) is 8.04 Å². The summed E-state index contributed by atoms with van der Waals surface area (Å²) >= 11 is 6.72. The van der Waals surface area contributed by atoms with Crippen molar-refractivity contribution in [2.45, 2.75) is 0 Å². The van der Waals surface area contributed by atoms with Gasteiger partial charge < -0.3 is 11.1 Å². The highest BCUT2D eigenvalue weighted by Crippen LogP contribution is 2.25. The number of hydrogen-bond acceptors (Lipinski definition) is 3. The number of primary amides is 1. The zero-order chi connectivity index (χ0) is 14.0. The highest BCUT2D eigenvalue weighted by molar-refractivity contribution is 14.1. The second kappa shape index (κ2) is 6.02. The predicted octanol–water partition coefficient (Wildman–Crippen LogP) is 3.47. The molecule has 3 N–H and O–H groups in total. The van der Waals surface area contributed by atoms with E-state index in [0.717, 1.165) is 3.57 Å². The van der Waals surface area contributed by atoms with Gasteiger partial charge in [0.15, 0.2) is 0 Å². The molecule has 98 valence electrons. The van der Waals surface area contributed by atoms with Gasteiger partial charge in [-0.1, -0.05) is 0 Å². The summed E-state index contributed by atoms with van der Waals surface area (Å²) in [5, 5.41) is 4.87. The monoisotopic (exact) mass is 450 g/mol. The molecule has 1 heterocycles. The lowest BCUT2D eigenvalue weighted by Crippen LogP contribution is -2.17. The predicted molar refractivity (Wildman–Crippen MR) is 87.6 cm³/mol. The fourth-order valence-corrected chi connectivity index (χ4v) is 3.15. The standard InChI is InChI=1S/C12H8BrIN2O2S/c13-9-2-1-6(14)5-8(9)11(18)16-12-7(10(15)17)3-4-19-12/h1-5H,(H2,15,17)(H,16,18). The number of hydrogen-bond donors (Lipinski definition) is 2. The molecule has 0 radical (unpaired) electrons. The van der Waals surface area contributed by atoms with Crippen LogP contribution in [0.1, 0.15) is 20.7 Å². The Morgan fingerprint density at radius 2 is 2.00 bits per heavy atom. The first-order valence-corrected chi connectivity index (χ1v) is 7.88. The van der Waals surface area contributed by atoms with Crippen molar-refractivity contribution < 1.29 is 9.59 Å². The van der Waals surface area contributed by atoms with Crippen molar-refractivity contribution in [3.63, 3.8) is 0 Å². The van der Waals surface area contributed by atoms with Crippen molar-refractivity contribution in [2.75, 3.05) is 5.32 Å². The van der Waals surface area contributed by atoms with Gasteiger partial charge in [0.2, 0.25) is 0 Å². The largest absolute Gasteiger partial charge is 0.366 e.